The van der Waals surface area contributed by atoms with Gasteiger partial charge < -0.3 is 5.32 Å². The molecule has 3 N–H and O–H groups in total. The van der Waals surface area contributed by atoms with Crippen molar-refractivity contribution < 1.29 is 13.2 Å². The highest BCUT2D eigenvalue weighted by Gasteiger charge is 2.21. The Morgan fingerprint density at radius 2 is 2.08 bits per heavy atom. The summed E-state index contributed by atoms with van der Waals surface area (Å²) in [6.07, 6.45) is 1.60. The summed E-state index contributed by atoms with van der Waals surface area (Å²) in [6.45, 7) is 1.82. The average Bonchev–Trinajstić information content (AvgIpc) is 2.55. The van der Waals surface area contributed by atoms with Crippen LogP contribution in [0.25, 0.3) is 0 Å². The van der Waals surface area contributed by atoms with Crippen LogP contribution < -0.4 is 14.8 Å². The first-order valence-electron chi connectivity index (χ1n) is 6.84. The predicted molar refractivity (Wildman–Crippen MR) is 96.0 cm³/mol. The molecule has 2 rings (SSSR count). The van der Waals surface area contributed by atoms with E-state index >= 15 is 0 Å². The minimum Gasteiger partial charge on any atom is -0.340 e. The first-order chi connectivity index (χ1) is 11.4. The number of amides is 2. The predicted octanol–water partition coefficient (Wildman–Crippen LogP) is 3.13. The molecule has 2 aromatic rings. The van der Waals surface area contributed by atoms with Crippen LogP contribution in [0.15, 0.2) is 47.5 Å². The lowest BCUT2D eigenvalue weighted by atomic mass is 10.3. The molecule has 7 nitrogen and oxygen atoms in total. The summed E-state index contributed by atoms with van der Waals surface area (Å²) in [5, 5.41) is 2.97. The second kappa shape index (κ2) is 8.22. The second-order valence-electron chi connectivity index (χ2n) is 4.45. The van der Waals surface area contributed by atoms with E-state index in [1.807, 2.05) is 11.6 Å². The molecular formula is C14H15ClN4O3S2. The van der Waals surface area contributed by atoms with E-state index in [4.69, 9.17) is 11.6 Å². The Labute approximate surface area is 149 Å². The third-order valence-electron chi connectivity index (χ3n) is 2.69. The van der Waals surface area contributed by atoms with Crippen LogP contribution in [0.2, 0.25) is 5.02 Å². The Hall–Kier alpha value is -1.97. The number of carbonyl (C=O) groups is 1. The van der Waals surface area contributed by atoms with Crippen LogP contribution in [-0.4, -0.2) is 25.2 Å². The van der Waals surface area contributed by atoms with E-state index in [1.165, 1.54) is 12.1 Å². The van der Waals surface area contributed by atoms with Gasteiger partial charge in [-0.2, -0.15) is 0 Å². The SMILES string of the molecule is CCSNC(=O)NS(=O)(=O)c1cc(Nc2ccccn2)ccc1Cl. The molecule has 1 aromatic heterocycles. The number of hydrogen-bond acceptors (Lipinski definition) is 6. The number of rotatable bonds is 6. The smallest absolute Gasteiger partial charge is 0.338 e. The minimum atomic E-state index is -4.10. The maximum absolute atomic E-state index is 12.3. The monoisotopic (exact) mass is 386 g/mol. The number of sulfonamides is 1. The van der Waals surface area contributed by atoms with E-state index in [0.717, 1.165) is 11.9 Å². The lowest BCUT2D eigenvalue weighted by Crippen LogP contribution is -2.36. The number of nitrogens with zero attached hydrogens (tertiary/aromatic N) is 1. The third kappa shape index (κ3) is 5.02. The Morgan fingerprint density at radius 3 is 2.75 bits per heavy atom. The van der Waals surface area contributed by atoms with E-state index in [-0.39, 0.29) is 9.92 Å². The van der Waals surface area contributed by atoms with Crippen LogP contribution >= 0.6 is 23.5 Å². The molecule has 0 bridgehead atoms. The molecule has 0 radical (unpaired) electrons. The van der Waals surface area contributed by atoms with E-state index in [0.29, 0.717) is 17.3 Å². The molecule has 0 aliphatic heterocycles. The molecule has 1 aromatic carbocycles. The molecule has 0 atom stereocenters. The molecule has 0 saturated heterocycles. The first kappa shape index (κ1) is 18.4. The van der Waals surface area contributed by atoms with Gasteiger partial charge in [-0.05, 0) is 42.3 Å². The number of benzene rings is 1. The van der Waals surface area contributed by atoms with Crippen LogP contribution in [0.4, 0.5) is 16.3 Å². The summed E-state index contributed by atoms with van der Waals surface area (Å²) in [7, 11) is -4.10. The summed E-state index contributed by atoms with van der Waals surface area (Å²) < 4.78 is 28.9. The lowest BCUT2D eigenvalue weighted by molar-refractivity contribution is 0.251. The van der Waals surface area contributed by atoms with Crippen molar-refractivity contribution in [2.75, 3.05) is 11.1 Å². The highest BCUT2D eigenvalue weighted by Crippen LogP contribution is 2.26. The molecule has 0 aliphatic carbocycles. The summed E-state index contributed by atoms with van der Waals surface area (Å²) in [6, 6.07) is 8.83. The van der Waals surface area contributed by atoms with Crippen molar-refractivity contribution in [3.8, 4) is 0 Å². The van der Waals surface area contributed by atoms with Gasteiger partial charge in [-0.1, -0.05) is 24.6 Å². The van der Waals surface area contributed by atoms with Crippen molar-refractivity contribution in [3.05, 3.63) is 47.6 Å². The van der Waals surface area contributed by atoms with E-state index in [2.05, 4.69) is 15.0 Å². The zero-order valence-corrected chi connectivity index (χ0v) is 15.0. The van der Waals surface area contributed by atoms with Crippen molar-refractivity contribution >= 4 is 51.1 Å². The molecule has 0 aliphatic rings. The average molecular weight is 387 g/mol. The fourth-order valence-electron chi connectivity index (χ4n) is 1.71. The van der Waals surface area contributed by atoms with Crippen molar-refractivity contribution in [1.29, 1.82) is 0 Å². The molecule has 0 spiro atoms. The summed E-state index contributed by atoms with van der Waals surface area (Å²) in [5.41, 5.74) is 0.474. The van der Waals surface area contributed by atoms with E-state index in [1.54, 1.807) is 30.5 Å². The normalized spacial score (nSPS) is 10.9. The summed E-state index contributed by atoms with van der Waals surface area (Å²) >= 11 is 7.05. The van der Waals surface area contributed by atoms with Gasteiger partial charge in [0.25, 0.3) is 10.0 Å². The maximum atomic E-state index is 12.3. The van der Waals surface area contributed by atoms with Gasteiger partial charge in [0.1, 0.15) is 10.7 Å². The van der Waals surface area contributed by atoms with Crippen molar-refractivity contribution in [2.45, 2.75) is 11.8 Å². The third-order valence-corrected chi connectivity index (χ3v) is 5.13. The number of anilines is 2. The van der Waals surface area contributed by atoms with Gasteiger partial charge in [0.05, 0.1) is 5.02 Å². The number of aromatic nitrogens is 1. The number of carbonyl (C=O) groups excluding carboxylic acids is 1. The lowest BCUT2D eigenvalue weighted by Gasteiger charge is -2.11. The zero-order valence-electron chi connectivity index (χ0n) is 12.6. The molecule has 128 valence electrons. The van der Waals surface area contributed by atoms with Crippen LogP contribution in [0.1, 0.15) is 6.92 Å². The number of halogens is 1. The molecule has 24 heavy (non-hydrogen) atoms. The highest BCUT2D eigenvalue weighted by atomic mass is 35.5. The van der Waals surface area contributed by atoms with Crippen molar-refractivity contribution in [2.24, 2.45) is 0 Å². The van der Waals surface area contributed by atoms with Gasteiger partial charge >= 0.3 is 6.03 Å². The Morgan fingerprint density at radius 1 is 1.29 bits per heavy atom. The maximum Gasteiger partial charge on any atom is 0.338 e. The quantitative estimate of drug-likeness (QED) is 0.659. The van der Waals surface area contributed by atoms with Gasteiger partial charge in [-0.15, -0.1) is 0 Å². The van der Waals surface area contributed by atoms with E-state index < -0.39 is 16.1 Å². The van der Waals surface area contributed by atoms with Gasteiger partial charge in [0.2, 0.25) is 0 Å². The Balaban J connectivity index is 2.22. The molecule has 2 amide bonds. The molecule has 0 saturated carbocycles. The zero-order chi connectivity index (χ0) is 17.6. The highest BCUT2D eigenvalue weighted by molar-refractivity contribution is 7.98. The fraction of sp³-hybridized carbons (Fsp3) is 0.143. The molecule has 0 unspecified atom stereocenters. The largest absolute Gasteiger partial charge is 0.340 e. The standard InChI is InChI=1S/C14H15ClN4O3S2/c1-2-23-18-14(20)19-24(21,22)12-9-10(6-7-11(12)15)17-13-5-3-4-8-16-13/h3-9H,2H2,1H3,(H,16,17)(H2,18,19,20). The summed E-state index contributed by atoms with van der Waals surface area (Å²) in [4.78, 5) is 15.5. The van der Waals surface area contributed by atoms with Gasteiger partial charge in [-0.25, -0.2) is 22.9 Å². The van der Waals surface area contributed by atoms with Crippen LogP contribution in [0.5, 0.6) is 0 Å². The van der Waals surface area contributed by atoms with Crippen molar-refractivity contribution in [1.82, 2.24) is 14.4 Å². The number of hydrogen-bond donors (Lipinski definition) is 3. The molecule has 1 heterocycles. The fourth-order valence-corrected chi connectivity index (χ4v) is 3.53. The summed E-state index contributed by atoms with van der Waals surface area (Å²) in [5.74, 6) is 1.16. The topological polar surface area (TPSA) is 100 Å². The van der Waals surface area contributed by atoms with Gasteiger partial charge in [-0.3, -0.25) is 4.72 Å². The first-order valence-corrected chi connectivity index (χ1v) is 9.69. The number of nitrogens with one attached hydrogen (secondary N) is 3. The van der Waals surface area contributed by atoms with E-state index in [9.17, 15) is 13.2 Å². The van der Waals surface area contributed by atoms with Crippen molar-refractivity contribution in [3.63, 3.8) is 0 Å². The van der Waals surface area contributed by atoms with Gasteiger partial charge in [0, 0.05) is 17.6 Å². The number of urea groups is 1. The Kier molecular flexibility index (Phi) is 6.29. The number of pyridine rings is 1. The second-order valence-corrected chi connectivity index (χ2v) is 7.58. The van der Waals surface area contributed by atoms with Crippen LogP contribution in [0.3, 0.4) is 0 Å². The molecule has 10 heteroatoms. The van der Waals surface area contributed by atoms with Crippen LogP contribution in [-0.2, 0) is 10.0 Å². The Bertz CT molecular complexity index is 816. The molecule has 0 fully saturated rings. The van der Waals surface area contributed by atoms with Crippen LogP contribution in [0, 0.1) is 0 Å². The molecular weight excluding hydrogens is 372 g/mol. The van der Waals surface area contributed by atoms with Gasteiger partial charge in [0.15, 0.2) is 0 Å². The minimum absolute atomic E-state index is 0.00464.